The van der Waals surface area contributed by atoms with Gasteiger partial charge in [-0.2, -0.15) is 0 Å². The number of aliphatic hydroxyl groups excluding tert-OH is 1. The summed E-state index contributed by atoms with van der Waals surface area (Å²) in [5.74, 6) is -0.0298. The third kappa shape index (κ3) is 4.03. The number of morpholine rings is 1. The van der Waals surface area contributed by atoms with E-state index in [9.17, 15) is 9.90 Å². The van der Waals surface area contributed by atoms with Crippen LogP contribution in [0.25, 0.3) is 0 Å². The maximum absolute atomic E-state index is 12.3. The normalized spacial score (nSPS) is 23.0. The van der Waals surface area contributed by atoms with Crippen LogP contribution in [0.2, 0.25) is 0 Å². The number of carbonyl (C=O) groups is 1. The number of nitrogens with zero attached hydrogens (tertiary/aromatic N) is 1. The first-order valence-electron chi connectivity index (χ1n) is 7.34. The van der Waals surface area contributed by atoms with Crippen LogP contribution >= 0.6 is 0 Å². The third-order valence-corrected chi connectivity index (χ3v) is 3.93. The van der Waals surface area contributed by atoms with Crippen LogP contribution in [0.15, 0.2) is 18.2 Å². The molecule has 0 saturated carbocycles. The Bertz CT molecular complexity index is 484. The molecule has 1 fully saturated rings. The van der Waals surface area contributed by atoms with Crippen LogP contribution in [0.3, 0.4) is 0 Å². The second-order valence-corrected chi connectivity index (χ2v) is 5.73. The number of rotatable bonds is 4. The molecule has 0 aliphatic carbocycles. The summed E-state index contributed by atoms with van der Waals surface area (Å²) in [5.41, 5.74) is 3.01. The van der Waals surface area contributed by atoms with E-state index in [1.807, 2.05) is 43.9 Å². The Labute approximate surface area is 125 Å². The molecule has 0 radical (unpaired) electrons. The van der Waals surface area contributed by atoms with E-state index in [0.29, 0.717) is 19.7 Å². The van der Waals surface area contributed by atoms with Crippen LogP contribution in [0.4, 0.5) is 5.69 Å². The van der Waals surface area contributed by atoms with E-state index in [4.69, 9.17) is 4.74 Å². The average Bonchev–Trinajstić information content (AvgIpc) is 2.45. The lowest BCUT2D eigenvalue weighted by Crippen LogP contribution is -2.51. The van der Waals surface area contributed by atoms with Crippen molar-refractivity contribution in [2.24, 2.45) is 0 Å². The van der Waals surface area contributed by atoms with Gasteiger partial charge in [0, 0.05) is 18.3 Å². The number of carbonyl (C=O) groups excluding carboxylic acids is 1. The second-order valence-electron chi connectivity index (χ2n) is 5.73. The van der Waals surface area contributed by atoms with Crippen molar-refractivity contribution in [3.63, 3.8) is 0 Å². The van der Waals surface area contributed by atoms with E-state index in [2.05, 4.69) is 5.32 Å². The summed E-state index contributed by atoms with van der Waals surface area (Å²) in [4.78, 5) is 14.3. The summed E-state index contributed by atoms with van der Waals surface area (Å²) >= 11 is 0. The summed E-state index contributed by atoms with van der Waals surface area (Å²) in [7, 11) is 0. The van der Waals surface area contributed by atoms with E-state index in [-0.39, 0.29) is 24.7 Å². The molecule has 1 aliphatic heterocycles. The molecule has 1 aromatic carbocycles. The standard InChI is InChI=1S/C16H24N2O3/c1-11-5-4-6-12(2)16(11)17-15(20)8-18-7-14(9-19)21-10-13(18)3/h4-6,13-14,19H,7-10H2,1-3H3,(H,17,20). The van der Waals surface area contributed by atoms with E-state index in [0.717, 1.165) is 16.8 Å². The number of ether oxygens (including phenoxy) is 1. The first-order chi connectivity index (χ1) is 10.0. The number of para-hydroxylation sites is 1. The largest absolute Gasteiger partial charge is 0.394 e. The van der Waals surface area contributed by atoms with E-state index < -0.39 is 0 Å². The van der Waals surface area contributed by atoms with Crippen molar-refractivity contribution < 1.29 is 14.6 Å². The number of hydrogen-bond donors (Lipinski definition) is 2. The molecule has 2 rings (SSSR count). The molecular formula is C16H24N2O3. The highest BCUT2D eigenvalue weighted by molar-refractivity contribution is 5.93. The number of nitrogens with one attached hydrogen (secondary N) is 1. The molecule has 5 heteroatoms. The number of benzene rings is 1. The molecule has 5 nitrogen and oxygen atoms in total. The van der Waals surface area contributed by atoms with Gasteiger partial charge in [0.2, 0.25) is 5.91 Å². The zero-order valence-electron chi connectivity index (χ0n) is 12.9. The topological polar surface area (TPSA) is 61.8 Å². The Morgan fingerprint density at radius 3 is 2.71 bits per heavy atom. The van der Waals surface area contributed by atoms with Crippen LogP contribution in [0.5, 0.6) is 0 Å². The smallest absolute Gasteiger partial charge is 0.238 e. The lowest BCUT2D eigenvalue weighted by molar-refractivity contribution is -0.122. The summed E-state index contributed by atoms with van der Waals surface area (Å²) in [6, 6.07) is 6.14. The zero-order chi connectivity index (χ0) is 15.4. The fourth-order valence-electron chi connectivity index (χ4n) is 2.58. The number of aryl methyl sites for hydroxylation is 2. The lowest BCUT2D eigenvalue weighted by Gasteiger charge is -2.36. The van der Waals surface area contributed by atoms with Crippen molar-refractivity contribution in [2.45, 2.75) is 32.9 Å². The fourth-order valence-corrected chi connectivity index (χ4v) is 2.58. The first-order valence-corrected chi connectivity index (χ1v) is 7.34. The Balaban J connectivity index is 1.98. The average molecular weight is 292 g/mol. The van der Waals surface area contributed by atoms with Gasteiger partial charge >= 0.3 is 0 Å². The van der Waals surface area contributed by atoms with Gasteiger partial charge in [-0.25, -0.2) is 0 Å². The second kappa shape index (κ2) is 7.02. The lowest BCUT2D eigenvalue weighted by atomic mass is 10.1. The van der Waals surface area contributed by atoms with Crippen molar-refractivity contribution in [3.8, 4) is 0 Å². The molecular weight excluding hydrogens is 268 g/mol. The summed E-state index contributed by atoms with van der Waals surface area (Å²) in [6.07, 6.45) is -0.200. The quantitative estimate of drug-likeness (QED) is 0.879. The minimum absolute atomic E-state index is 0.0122. The molecule has 0 spiro atoms. The number of anilines is 1. The predicted molar refractivity (Wildman–Crippen MR) is 82.4 cm³/mol. The summed E-state index contributed by atoms with van der Waals surface area (Å²) < 4.78 is 5.48. The molecule has 116 valence electrons. The highest BCUT2D eigenvalue weighted by atomic mass is 16.5. The van der Waals surface area contributed by atoms with Crippen LogP contribution in [-0.2, 0) is 9.53 Å². The Kier molecular flexibility index (Phi) is 5.33. The van der Waals surface area contributed by atoms with E-state index >= 15 is 0 Å². The van der Waals surface area contributed by atoms with Gasteiger partial charge < -0.3 is 15.2 Å². The van der Waals surface area contributed by atoms with Gasteiger partial charge in [0.05, 0.1) is 25.9 Å². The molecule has 21 heavy (non-hydrogen) atoms. The molecule has 1 saturated heterocycles. The Morgan fingerprint density at radius 2 is 2.10 bits per heavy atom. The summed E-state index contributed by atoms with van der Waals surface area (Å²) in [6.45, 7) is 7.43. The molecule has 1 aromatic rings. The van der Waals surface area contributed by atoms with Gasteiger partial charge in [-0.1, -0.05) is 18.2 Å². The van der Waals surface area contributed by atoms with Crippen molar-refractivity contribution in [2.75, 3.05) is 31.6 Å². The summed E-state index contributed by atoms with van der Waals surface area (Å²) in [5, 5.41) is 12.2. The molecule has 2 unspecified atom stereocenters. The Morgan fingerprint density at radius 1 is 1.43 bits per heavy atom. The first kappa shape index (κ1) is 15.9. The van der Waals surface area contributed by atoms with Crippen LogP contribution in [0.1, 0.15) is 18.1 Å². The van der Waals surface area contributed by atoms with Gasteiger partial charge in [-0.3, -0.25) is 9.69 Å². The van der Waals surface area contributed by atoms with Crippen LogP contribution in [-0.4, -0.2) is 54.4 Å². The highest BCUT2D eigenvalue weighted by Crippen LogP contribution is 2.19. The van der Waals surface area contributed by atoms with E-state index in [1.165, 1.54) is 0 Å². The number of amides is 1. The van der Waals surface area contributed by atoms with Crippen molar-refractivity contribution in [1.29, 1.82) is 0 Å². The fraction of sp³-hybridized carbons (Fsp3) is 0.562. The van der Waals surface area contributed by atoms with Gasteiger partial charge in [-0.05, 0) is 31.9 Å². The maximum atomic E-state index is 12.3. The molecule has 2 atom stereocenters. The van der Waals surface area contributed by atoms with Gasteiger partial charge in [0.25, 0.3) is 0 Å². The molecule has 1 aliphatic rings. The Hall–Kier alpha value is -1.43. The highest BCUT2D eigenvalue weighted by Gasteiger charge is 2.27. The molecule has 2 N–H and O–H groups in total. The third-order valence-electron chi connectivity index (χ3n) is 3.93. The predicted octanol–water partition coefficient (Wildman–Crippen LogP) is 1.32. The zero-order valence-corrected chi connectivity index (χ0v) is 12.9. The van der Waals surface area contributed by atoms with Crippen molar-refractivity contribution >= 4 is 11.6 Å². The monoisotopic (exact) mass is 292 g/mol. The van der Waals surface area contributed by atoms with E-state index in [1.54, 1.807) is 0 Å². The van der Waals surface area contributed by atoms with Gasteiger partial charge in [-0.15, -0.1) is 0 Å². The number of aliphatic hydroxyl groups is 1. The molecule has 1 heterocycles. The minimum Gasteiger partial charge on any atom is -0.394 e. The number of hydrogen-bond acceptors (Lipinski definition) is 4. The van der Waals surface area contributed by atoms with Gasteiger partial charge in [0.1, 0.15) is 0 Å². The molecule has 1 amide bonds. The van der Waals surface area contributed by atoms with Crippen LogP contribution in [0, 0.1) is 13.8 Å². The van der Waals surface area contributed by atoms with Crippen LogP contribution < -0.4 is 5.32 Å². The SMILES string of the molecule is Cc1cccc(C)c1NC(=O)CN1CC(CO)OCC1C. The molecule has 0 aromatic heterocycles. The van der Waals surface area contributed by atoms with Crippen molar-refractivity contribution in [1.82, 2.24) is 4.90 Å². The van der Waals surface area contributed by atoms with Crippen molar-refractivity contribution in [3.05, 3.63) is 29.3 Å². The molecule has 0 bridgehead atoms. The van der Waals surface area contributed by atoms with Gasteiger partial charge in [0.15, 0.2) is 0 Å². The minimum atomic E-state index is -0.200. The maximum Gasteiger partial charge on any atom is 0.238 e.